The second kappa shape index (κ2) is 6.16. The predicted octanol–water partition coefficient (Wildman–Crippen LogP) is 1.73. The highest BCUT2D eigenvalue weighted by Crippen LogP contribution is 2.24. The van der Waals surface area contributed by atoms with Gasteiger partial charge in [-0.15, -0.1) is 0 Å². The molecule has 0 atom stereocenters. The maximum absolute atomic E-state index is 13.3. The van der Waals surface area contributed by atoms with Crippen LogP contribution in [0, 0.1) is 5.82 Å². The molecule has 1 aromatic carbocycles. The number of hydroxylamine groups is 1. The molecule has 0 spiro atoms. The Kier molecular flexibility index (Phi) is 4.85. The zero-order valence-corrected chi connectivity index (χ0v) is 9.95. The molecule has 6 nitrogen and oxygen atoms in total. The lowest BCUT2D eigenvalue weighted by molar-refractivity contribution is -0.143. The summed E-state index contributed by atoms with van der Waals surface area (Å²) in [6.45, 7) is -0.689. The van der Waals surface area contributed by atoms with Gasteiger partial charge in [0.25, 0.3) is 0 Å². The number of nitrogens with one attached hydrogen (secondary N) is 2. The summed E-state index contributed by atoms with van der Waals surface area (Å²) in [5.74, 6) is -1.87. The summed E-state index contributed by atoms with van der Waals surface area (Å²) >= 11 is 3.05. The minimum atomic E-state index is -1.24. The quantitative estimate of drug-likeness (QED) is 0.739. The zero-order valence-electron chi connectivity index (χ0n) is 8.37. The molecule has 1 rings (SSSR count). The van der Waals surface area contributed by atoms with Crippen LogP contribution in [-0.4, -0.2) is 23.7 Å². The van der Waals surface area contributed by atoms with Crippen LogP contribution in [0.4, 0.5) is 14.9 Å². The molecule has 17 heavy (non-hydrogen) atoms. The summed E-state index contributed by atoms with van der Waals surface area (Å²) < 4.78 is 13.6. The van der Waals surface area contributed by atoms with Crippen molar-refractivity contribution in [3.63, 3.8) is 0 Å². The van der Waals surface area contributed by atoms with Gasteiger partial charge < -0.3 is 10.4 Å². The van der Waals surface area contributed by atoms with Crippen LogP contribution in [0.5, 0.6) is 0 Å². The van der Waals surface area contributed by atoms with Gasteiger partial charge in [0, 0.05) is 4.47 Å². The lowest BCUT2D eigenvalue weighted by atomic mass is 10.3. The van der Waals surface area contributed by atoms with Gasteiger partial charge in [0.2, 0.25) is 0 Å². The van der Waals surface area contributed by atoms with Crippen LogP contribution < -0.4 is 10.8 Å². The Morgan fingerprint density at radius 2 is 2.18 bits per heavy atom. The van der Waals surface area contributed by atoms with Gasteiger partial charge >= 0.3 is 12.0 Å². The molecule has 0 fully saturated rings. The first kappa shape index (κ1) is 13.4. The molecule has 3 N–H and O–H groups in total. The molecule has 2 amide bonds. The molecule has 0 heterocycles. The van der Waals surface area contributed by atoms with E-state index >= 15 is 0 Å². The number of hydrogen-bond acceptors (Lipinski definition) is 3. The van der Waals surface area contributed by atoms with E-state index in [1.165, 1.54) is 18.2 Å². The van der Waals surface area contributed by atoms with Gasteiger partial charge in [-0.25, -0.2) is 19.5 Å². The normalized spacial score (nSPS) is 9.76. The van der Waals surface area contributed by atoms with E-state index in [0.717, 1.165) is 0 Å². The molecule has 92 valence electrons. The fraction of sp³-hybridized carbons (Fsp3) is 0.111. The van der Waals surface area contributed by atoms with E-state index in [-0.39, 0.29) is 5.69 Å². The molecule has 0 radical (unpaired) electrons. The summed E-state index contributed by atoms with van der Waals surface area (Å²) in [7, 11) is 0. The Hall–Kier alpha value is -1.67. The number of carboxylic acid groups (broad SMARTS) is 1. The van der Waals surface area contributed by atoms with Crippen LogP contribution in [0.3, 0.4) is 0 Å². The van der Waals surface area contributed by atoms with Gasteiger partial charge in [-0.2, -0.15) is 0 Å². The number of carboxylic acids is 1. The van der Waals surface area contributed by atoms with Crippen LogP contribution in [0.25, 0.3) is 0 Å². The largest absolute Gasteiger partial charge is 0.479 e. The molecule has 0 bridgehead atoms. The molecule has 8 heteroatoms. The molecular formula is C9H8BrFN2O4. The lowest BCUT2D eigenvalue weighted by Crippen LogP contribution is -2.31. The summed E-state index contributed by atoms with van der Waals surface area (Å²) in [6.07, 6.45) is 0. The number of carbonyl (C=O) groups excluding carboxylic acids is 1. The topological polar surface area (TPSA) is 87.7 Å². The number of benzene rings is 1. The number of rotatable bonds is 4. The van der Waals surface area contributed by atoms with Crippen LogP contribution >= 0.6 is 15.9 Å². The van der Waals surface area contributed by atoms with Crippen LogP contribution in [-0.2, 0) is 9.63 Å². The van der Waals surface area contributed by atoms with Crippen molar-refractivity contribution in [1.29, 1.82) is 0 Å². The summed E-state index contributed by atoms with van der Waals surface area (Å²) in [6, 6.07) is 3.29. The van der Waals surface area contributed by atoms with Crippen molar-refractivity contribution in [2.24, 2.45) is 0 Å². The van der Waals surface area contributed by atoms with Crippen molar-refractivity contribution < 1.29 is 23.9 Å². The van der Waals surface area contributed by atoms with Crippen LogP contribution in [0.15, 0.2) is 22.7 Å². The fourth-order valence-electron chi connectivity index (χ4n) is 0.920. The van der Waals surface area contributed by atoms with Gasteiger partial charge in [-0.05, 0) is 28.1 Å². The van der Waals surface area contributed by atoms with Crippen molar-refractivity contribution in [2.75, 3.05) is 11.9 Å². The molecular weight excluding hydrogens is 299 g/mol. The number of anilines is 1. The van der Waals surface area contributed by atoms with Crippen LogP contribution in [0.1, 0.15) is 0 Å². The van der Waals surface area contributed by atoms with Crippen molar-refractivity contribution in [2.45, 2.75) is 0 Å². The molecule has 0 saturated carbocycles. The first-order valence-electron chi connectivity index (χ1n) is 4.35. The summed E-state index contributed by atoms with van der Waals surface area (Å²) in [5.41, 5.74) is 1.73. The Balaban J connectivity index is 2.53. The Morgan fingerprint density at radius 1 is 1.47 bits per heavy atom. The average molecular weight is 307 g/mol. The van der Waals surface area contributed by atoms with Crippen molar-refractivity contribution in [3.8, 4) is 0 Å². The molecule has 0 aliphatic heterocycles. The van der Waals surface area contributed by atoms with E-state index < -0.39 is 24.4 Å². The number of halogens is 2. The van der Waals surface area contributed by atoms with E-state index in [9.17, 15) is 14.0 Å². The Bertz CT molecular complexity index is 421. The third kappa shape index (κ3) is 4.37. The number of para-hydroxylation sites is 1. The third-order valence-electron chi connectivity index (χ3n) is 1.56. The minimum Gasteiger partial charge on any atom is -0.479 e. The highest BCUT2D eigenvalue weighted by molar-refractivity contribution is 9.10. The van der Waals surface area contributed by atoms with Crippen molar-refractivity contribution in [3.05, 3.63) is 28.5 Å². The van der Waals surface area contributed by atoms with E-state index in [1.54, 1.807) is 5.48 Å². The highest BCUT2D eigenvalue weighted by atomic mass is 79.9. The highest BCUT2D eigenvalue weighted by Gasteiger charge is 2.10. The molecule has 0 aromatic heterocycles. The SMILES string of the molecule is O=C(O)CONC(=O)Nc1c(F)cccc1Br. The fourth-order valence-corrected chi connectivity index (χ4v) is 1.36. The van der Waals surface area contributed by atoms with E-state index in [2.05, 4.69) is 26.1 Å². The number of amides is 2. The van der Waals surface area contributed by atoms with E-state index in [0.29, 0.717) is 4.47 Å². The second-order valence-electron chi connectivity index (χ2n) is 2.84. The standard InChI is InChI=1S/C9H8BrFN2O4/c10-5-2-1-3-6(11)8(5)12-9(16)13-17-4-7(14)15/h1-3H,4H2,(H,14,15)(H2,12,13,16). The Morgan fingerprint density at radius 3 is 2.76 bits per heavy atom. The van der Waals surface area contributed by atoms with E-state index in [1.807, 2.05) is 0 Å². The van der Waals surface area contributed by atoms with Gasteiger partial charge in [-0.1, -0.05) is 6.07 Å². The van der Waals surface area contributed by atoms with E-state index in [4.69, 9.17) is 5.11 Å². The van der Waals surface area contributed by atoms with Gasteiger partial charge in [-0.3, -0.25) is 4.84 Å². The molecule has 0 aliphatic carbocycles. The van der Waals surface area contributed by atoms with Gasteiger partial charge in [0.1, 0.15) is 5.82 Å². The van der Waals surface area contributed by atoms with Crippen molar-refractivity contribution in [1.82, 2.24) is 5.48 Å². The maximum Gasteiger partial charge on any atom is 0.343 e. The number of hydrogen-bond donors (Lipinski definition) is 3. The monoisotopic (exact) mass is 306 g/mol. The van der Waals surface area contributed by atoms with Crippen LogP contribution in [0.2, 0.25) is 0 Å². The number of urea groups is 1. The summed E-state index contributed by atoms with van der Waals surface area (Å²) in [5, 5.41) is 10.4. The van der Waals surface area contributed by atoms with Crippen molar-refractivity contribution >= 4 is 33.6 Å². The molecule has 1 aromatic rings. The number of aliphatic carboxylic acids is 1. The maximum atomic E-state index is 13.3. The predicted molar refractivity (Wildman–Crippen MR) is 59.8 cm³/mol. The Labute approximate surface area is 104 Å². The third-order valence-corrected chi connectivity index (χ3v) is 2.22. The smallest absolute Gasteiger partial charge is 0.343 e. The first-order valence-corrected chi connectivity index (χ1v) is 5.14. The molecule has 0 aliphatic rings. The average Bonchev–Trinajstić information content (AvgIpc) is 2.23. The van der Waals surface area contributed by atoms with Gasteiger partial charge in [0.15, 0.2) is 6.61 Å². The number of carbonyl (C=O) groups is 2. The summed E-state index contributed by atoms with van der Waals surface area (Å²) in [4.78, 5) is 25.6. The molecule has 0 unspecified atom stereocenters. The minimum absolute atomic E-state index is 0.0658. The van der Waals surface area contributed by atoms with Gasteiger partial charge in [0.05, 0.1) is 5.69 Å². The first-order chi connectivity index (χ1) is 8.00. The lowest BCUT2D eigenvalue weighted by Gasteiger charge is -2.08. The molecule has 0 saturated heterocycles. The zero-order chi connectivity index (χ0) is 12.8. The second-order valence-corrected chi connectivity index (χ2v) is 3.69.